The number of carbonyl (C=O) groups is 2. The Morgan fingerprint density at radius 2 is 1.47 bits per heavy atom. The molecule has 1 aliphatic rings. The van der Waals surface area contributed by atoms with E-state index in [0.29, 0.717) is 40.8 Å². The molecule has 7 heteroatoms. The Morgan fingerprint density at radius 3 is 2.09 bits per heavy atom. The second-order valence-electron chi connectivity index (χ2n) is 12.3. The topological polar surface area (TPSA) is 61.4 Å². The predicted molar refractivity (Wildman–Crippen MR) is 176 cm³/mol. The van der Waals surface area contributed by atoms with Crippen molar-refractivity contribution in [3.05, 3.63) is 125 Å². The summed E-state index contributed by atoms with van der Waals surface area (Å²) >= 11 is 0. The second kappa shape index (κ2) is 14.2. The van der Waals surface area contributed by atoms with Crippen LogP contribution in [0, 0.1) is 5.92 Å². The molecule has 2 amide bonds. The summed E-state index contributed by atoms with van der Waals surface area (Å²) in [5.41, 5.74) is 4.68. The van der Waals surface area contributed by atoms with Crippen molar-refractivity contribution in [1.82, 2.24) is 10.2 Å². The van der Waals surface area contributed by atoms with E-state index in [9.17, 15) is 18.4 Å². The molecule has 0 saturated carbocycles. The molecule has 1 saturated heterocycles. The van der Waals surface area contributed by atoms with E-state index in [2.05, 4.69) is 41.5 Å². The van der Waals surface area contributed by atoms with Gasteiger partial charge < -0.3 is 10.6 Å². The molecule has 1 heterocycles. The van der Waals surface area contributed by atoms with Gasteiger partial charge >= 0.3 is 0 Å². The maximum absolute atomic E-state index is 13.7. The van der Waals surface area contributed by atoms with E-state index in [1.807, 2.05) is 54.6 Å². The SMILES string of the molecule is CC(C)CNC(=O)C(c1ccccc1)N1CCC(c2ccc(NC(=O)c3ccccc3-c3ccc(C(C)(F)F)cc3)cc2)CC1. The van der Waals surface area contributed by atoms with E-state index >= 15 is 0 Å². The smallest absolute Gasteiger partial charge is 0.270 e. The summed E-state index contributed by atoms with van der Waals surface area (Å²) in [6, 6.07) is 30.9. The third-order valence-corrected chi connectivity index (χ3v) is 8.46. The molecule has 1 fully saturated rings. The number of rotatable bonds is 10. The van der Waals surface area contributed by atoms with Crippen molar-refractivity contribution in [3.8, 4) is 11.1 Å². The fourth-order valence-electron chi connectivity index (χ4n) is 5.97. The van der Waals surface area contributed by atoms with Crippen LogP contribution < -0.4 is 10.6 Å². The Morgan fingerprint density at radius 1 is 0.844 bits per heavy atom. The van der Waals surface area contributed by atoms with Crippen molar-refractivity contribution in [3.63, 3.8) is 0 Å². The molecule has 5 nitrogen and oxygen atoms in total. The zero-order valence-electron chi connectivity index (χ0n) is 26.1. The van der Waals surface area contributed by atoms with Gasteiger partial charge in [-0.1, -0.05) is 98.8 Å². The van der Waals surface area contributed by atoms with Gasteiger partial charge in [0.1, 0.15) is 6.04 Å². The zero-order valence-corrected chi connectivity index (χ0v) is 26.1. The Balaban J connectivity index is 1.22. The lowest BCUT2D eigenvalue weighted by Gasteiger charge is -2.37. The summed E-state index contributed by atoms with van der Waals surface area (Å²) in [5, 5.41) is 6.13. The Hall–Kier alpha value is -4.36. The molecule has 1 unspecified atom stereocenters. The Labute approximate surface area is 264 Å². The highest BCUT2D eigenvalue weighted by molar-refractivity contribution is 6.08. The fourth-order valence-corrected chi connectivity index (χ4v) is 5.97. The third kappa shape index (κ3) is 8.03. The van der Waals surface area contributed by atoms with Crippen LogP contribution in [0.5, 0.6) is 0 Å². The number of likely N-dealkylation sites (tertiary alicyclic amines) is 1. The molecule has 4 aromatic carbocycles. The number of benzene rings is 4. The van der Waals surface area contributed by atoms with Gasteiger partial charge in [0.15, 0.2) is 0 Å². The van der Waals surface area contributed by atoms with Crippen molar-refractivity contribution < 1.29 is 18.4 Å². The van der Waals surface area contributed by atoms with Crippen LogP contribution in [0.1, 0.15) is 72.6 Å². The minimum atomic E-state index is -2.92. The molecular weight excluding hydrogens is 568 g/mol. The molecule has 0 radical (unpaired) electrons. The summed E-state index contributed by atoms with van der Waals surface area (Å²) in [7, 11) is 0. The molecule has 1 atom stereocenters. The number of nitrogens with zero attached hydrogens (tertiary/aromatic N) is 1. The van der Waals surface area contributed by atoms with Crippen LogP contribution in [0.25, 0.3) is 11.1 Å². The predicted octanol–water partition coefficient (Wildman–Crippen LogP) is 8.41. The molecule has 0 spiro atoms. The molecular formula is C38H41F2N3O2. The number of carbonyl (C=O) groups excluding carboxylic acids is 2. The monoisotopic (exact) mass is 609 g/mol. The molecule has 0 aromatic heterocycles. The lowest BCUT2D eigenvalue weighted by atomic mass is 9.88. The summed E-state index contributed by atoms with van der Waals surface area (Å²) in [6.45, 7) is 7.34. The van der Waals surface area contributed by atoms with Gasteiger partial charge in [-0.2, -0.15) is 0 Å². The summed E-state index contributed by atoms with van der Waals surface area (Å²) < 4.78 is 27.4. The van der Waals surface area contributed by atoms with Crippen LogP contribution in [0.4, 0.5) is 14.5 Å². The van der Waals surface area contributed by atoms with Crippen LogP contribution in [-0.2, 0) is 10.7 Å². The number of amides is 2. The van der Waals surface area contributed by atoms with Gasteiger partial charge in [-0.25, -0.2) is 8.78 Å². The first-order valence-electron chi connectivity index (χ1n) is 15.7. The second-order valence-corrected chi connectivity index (χ2v) is 12.3. The Bertz CT molecular complexity index is 1570. The standard InChI is InChI=1S/C38H41F2N3O2/c1-26(2)25-41-37(45)35(30-9-5-4-6-10-30)43-23-21-28(22-24-43)27-15-19-32(20-16-27)42-36(44)34-12-8-7-11-33(34)29-13-17-31(18-14-29)38(3,39)40/h4-20,26,28,35H,21-25H2,1-3H3,(H,41,45)(H,42,44). The van der Waals surface area contributed by atoms with Crippen LogP contribution >= 0.6 is 0 Å². The number of nitrogens with one attached hydrogen (secondary N) is 2. The average Bonchev–Trinajstić information content (AvgIpc) is 3.05. The highest BCUT2D eigenvalue weighted by Crippen LogP contribution is 2.34. The van der Waals surface area contributed by atoms with E-state index in [0.717, 1.165) is 38.4 Å². The van der Waals surface area contributed by atoms with Gasteiger partial charge in [0.2, 0.25) is 5.91 Å². The highest BCUT2D eigenvalue weighted by atomic mass is 19.3. The number of piperidine rings is 1. The minimum absolute atomic E-state index is 0.0505. The maximum atomic E-state index is 13.7. The van der Waals surface area contributed by atoms with Crippen molar-refractivity contribution in [1.29, 1.82) is 0 Å². The normalized spacial score (nSPS) is 15.1. The van der Waals surface area contributed by atoms with E-state index in [1.54, 1.807) is 24.3 Å². The first-order chi connectivity index (χ1) is 21.6. The average molecular weight is 610 g/mol. The van der Waals surface area contributed by atoms with E-state index in [-0.39, 0.29) is 23.4 Å². The maximum Gasteiger partial charge on any atom is 0.270 e. The molecule has 2 N–H and O–H groups in total. The molecule has 234 valence electrons. The molecule has 1 aliphatic heterocycles. The van der Waals surface area contributed by atoms with E-state index < -0.39 is 5.92 Å². The van der Waals surface area contributed by atoms with Crippen LogP contribution in [-0.4, -0.2) is 36.3 Å². The number of halogens is 2. The number of hydrogen-bond donors (Lipinski definition) is 2. The van der Waals surface area contributed by atoms with Gasteiger partial charge in [0.25, 0.3) is 11.8 Å². The number of anilines is 1. The third-order valence-electron chi connectivity index (χ3n) is 8.46. The molecule has 45 heavy (non-hydrogen) atoms. The van der Waals surface area contributed by atoms with Crippen molar-refractivity contribution in [2.75, 3.05) is 25.0 Å². The first kappa shape index (κ1) is 32.0. The zero-order chi connectivity index (χ0) is 32.0. The molecule has 5 rings (SSSR count). The molecule has 0 aliphatic carbocycles. The minimum Gasteiger partial charge on any atom is -0.354 e. The largest absolute Gasteiger partial charge is 0.354 e. The van der Waals surface area contributed by atoms with E-state index in [4.69, 9.17) is 0 Å². The summed E-state index contributed by atoms with van der Waals surface area (Å²) in [6.07, 6.45) is 1.87. The van der Waals surface area contributed by atoms with Crippen molar-refractivity contribution >= 4 is 17.5 Å². The highest BCUT2D eigenvalue weighted by Gasteiger charge is 2.31. The molecule has 4 aromatic rings. The Kier molecular flexibility index (Phi) is 10.1. The molecule has 0 bridgehead atoms. The lowest BCUT2D eigenvalue weighted by Crippen LogP contribution is -2.44. The van der Waals surface area contributed by atoms with Crippen molar-refractivity contribution in [2.45, 2.75) is 51.5 Å². The fraction of sp³-hybridized carbons (Fsp3) is 0.316. The van der Waals surface area contributed by atoms with Gasteiger partial charge in [0.05, 0.1) is 0 Å². The number of hydrogen-bond acceptors (Lipinski definition) is 3. The van der Waals surface area contributed by atoms with Gasteiger partial charge in [-0.3, -0.25) is 14.5 Å². The quantitative estimate of drug-likeness (QED) is 0.190. The van der Waals surface area contributed by atoms with Crippen LogP contribution in [0.2, 0.25) is 0 Å². The van der Waals surface area contributed by atoms with Gasteiger partial charge in [0, 0.05) is 30.3 Å². The van der Waals surface area contributed by atoms with Gasteiger partial charge in [-0.05, 0) is 78.2 Å². The first-order valence-corrected chi connectivity index (χ1v) is 15.7. The number of alkyl halides is 2. The summed E-state index contributed by atoms with van der Waals surface area (Å²) in [5.74, 6) is -2.39. The van der Waals surface area contributed by atoms with Crippen LogP contribution in [0.15, 0.2) is 103 Å². The van der Waals surface area contributed by atoms with E-state index in [1.165, 1.54) is 17.7 Å². The summed E-state index contributed by atoms with van der Waals surface area (Å²) in [4.78, 5) is 28.9. The lowest BCUT2D eigenvalue weighted by molar-refractivity contribution is -0.127. The van der Waals surface area contributed by atoms with Gasteiger partial charge in [-0.15, -0.1) is 0 Å². The van der Waals surface area contributed by atoms with Crippen LogP contribution in [0.3, 0.4) is 0 Å². The van der Waals surface area contributed by atoms with Crippen molar-refractivity contribution in [2.24, 2.45) is 5.92 Å².